The minimum absolute atomic E-state index is 0.283. The number of hydrogen-bond donors (Lipinski definition) is 1. The highest BCUT2D eigenvalue weighted by atomic mass is 19.4. The van der Waals surface area contributed by atoms with Crippen LogP contribution in [0.5, 0.6) is 5.75 Å². The third-order valence-electron chi connectivity index (χ3n) is 2.20. The van der Waals surface area contributed by atoms with Crippen molar-refractivity contribution >= 4 is 0 Å². The van der Waals surface area contributed by atoms with Crippen LogP contribution < -0.4 is 10.3 Å². The first-order valence-electron chi connectivity index (χ1n) is 4.99. The molecular weight excluding hydrogens is 247 g/mol. The highest BCUT2D eigenvalue weighted by Crippen LogP contribution is 2.26. The second-order valence-electron chi connectivity index (χ2n) is 3.49. The van der Waals surface area contributed by atoms with E-state index in [1.807, 2.05) is 0 Å². The molecule has 0 radical (unpaired) electrons. The molecule has 1 aromatic carbocycles. The van der Waals surface area contributed by atoms with Gasteiger partial charge in [0.15, 0.2) is 0 Å². The van der Waals surface area contributed by atoms with Crippen molar-refractivity contribution in [2.75, 3.05) is 0 Å². The third-order valence-corrected chi connectivity index (χ3v) is 2.20. The maximum Gasteiger partial charge on any atom is 0.573 e. The van der Waals surface area contributed by atoms with Crippen molar-refractivity contribution < 1.29 is 17.9 Å². The quantitative estimate of drug-likeness (QED) is 0.896. The number of halogens is 3. The van der Waals surface area contributed by atoms with Gasteiger partial charge in [0, 0.05) is 11.8 Å². The predicted molar refractivity (Wildman–Crippen MR) is 59.2 cm³/mol. The monoisotopic (exact) mass is 255 g/mol. The summed E-state index contributed by atoms with van der Waals surface area (Å²) in [5.74, 6) is -0.358. The summed E-state index contributed by atoms with van der Waals surface area (Å²) >= 11 is 0. The highest BCUT2D eigenvalue weighted by molar-refractivity contribution is 5.63. The molecule has 2 aromatic rings. The number of aromatic nitrogens is 1. The van der Waals surface area contributed by atoms with Crippen molar-refractivity contribution in [3.63, 3.8) is 0 Å². The van der Waals surface area contributed by atoms with Crippen molar-refractivity contribution in [2.24, 2.45) is 0 Å². The molecule has 1 aromatic heterocycles. The molecule has 0 spiro atoms. The fraction of sp³-hybridized carbons (Fsp3) is 0.0833. The number of aromatic amines is 1. The van der Waals surface area contributed by atoms with Gasteiger partial charge in [-0.2, -0.15) is 0 Å². The first kappa shape index (κ1) is 12.2. The lowest BCUT2D eigenvalue weighted by Crippen LogP contribution is -2.17. The van der Waals surface area contributed by atoms with Gasteiger partial charge in [-0.25, -0.2) is 0 Å². The van der Waals surface area contributed by atoms with E-state index in [4.69, 9.17) is 0 Å². The van der Waals surface area contributed by atoms with Crippen LogP contribution in [0.2, 0.25) is 0 Å². The zero-order valence-electron chi connectivity index (χ0n) is 8.99. The Labute approximate surface area is 99.8 Å². The minimum Gasteiger partial charge on any atom is -0.406 e. The molecule has 94 valence electrons. The van der Waals surface area contributed by atoms with E-state index in [0.717, 1.165) is 6.07 Å². The predicted octanol–water partition coefficient (Wildman–Crippen LogP) is 2.94. The molecule has 0 saturated heterocycles. The molecule has 2 rings (SSSR count). The zero-order valence-corrected chi connectivity index (χ0v) is 8.99. The van der Waals surface area contributed by atoms with Crippen molar-refractivity contribution in [3.05, 3.63) is 52.9 Å². The van der Waals surface area contributed by atoms with E-state index in [-0.39, 0.29) is 16.9 Å². The zero-order chi connectivity index (χ0) is 13.2. The molecule has 0 fully saturated rings. The lowest BCUT2D eigenvalue weighted by atomic mass is 10.1. The highest BCUT2D eigenvalue weighted by Gasteiger charge is 2.31. The van der Waals surface area contributed by atoms with Crippen molar-refractivity contribution in [2.45, 2.75) is 6.36 Å². The van der Waals surface area contributed by atoms with Gasteiger partial charge in [-0.3, -0.25) is 4.79 Å². The van der Waals surface area contributed by atoms with Crippen LogP contribution in [0.4, 0.5) is 13.2 Å². The summed E-state index contributed by atoms with van der Waals surface area (Å²) in [7, 11) is 0. The molecule has 0 unspecified atom stereocenters. The Hall–Kier alpha value is -2.24. The second-order valence-corrected chi connectivity index (χ2v) is 3.49. The number of H-pyrrole nitrogens is 1. The van der Waals surface area contributed by atoms with E-state index >= 15 is 0 Å². The first-order valence-corrected chi connectivity index (χ1v) is 4.99. The van der Waals surface area contributed by atoms with Crippen molar-refractivity contribution in [3.8, 4) is 16.9 Å². The fourth-order valence-corrected chi connectivity index (χ4v) is 1.51. The van der Waals surface area contributed by atoms with Gasteiger partial charge in [-0.05, 0) is 29.8 Å². The first-order chi connectivity index (χ1) is 8.46. The van der Waals surface area contributed by atoms with E-state index in [2.05, 4.69) is 9.72 Å². The van der Waals surface area contributed by atoms with Crippen LogP contribution in [0.1, 0.15) is 0 Å². The van der Waals surface area contributed by atoms with Gasteiger partial charge in [-0.15, -0.1) is 13.2 Å². The largest absolute Gasteiger partial charge is 0.573 e. The smallest absolute Gasteiger partial charge is 0.406 e. The van der Waals surface area contributed by atoms with Gasteiger partial charge in [0.2, 0.25) is 0 Å². The molecule has 1 N–H and O–H groups in total. The van der Waals surface area contributed by atoms with Crippen LogP contribution in [0.25, 0.3) is 11.1 Å². The van der Waals surface area contributed by atoms with Crippen LogP contribution in [-0.2, 0) is 0 Å². The van der Waals surface area contributed by atoms with Crippen LogP contribution in [-0.4, -0.2) is 11.3 Å². The molecule has 0 atom stereocenters. The van der Waals surface area contributed by atoms with E-state index < -0.39 is 6.36 Å². The molecule has 1 heterocycles. The summed E-state index contributed by atoms with van der Waals surface area (Å²) in [6.45, 7) is 0. The minimum atomic E-state index is -4.75. The normalized spacial score (nSPS) is 11.3. The summed E-state index contributed by atoms with van der Waals surface area (Å²) < 4.78 is 40.0. The summed E-state index contributed by atoms with van der Waals surface area (Å²) in [6, 6.07) is 8.38. The fourth-order valence-electron chi connectivity index (χ4n) is 1.51. The van der Waals surface area contributed by atoms with Gasteiger partial charge in [0.1, 0.15) is 5.75 Å². The number of hydrogen-bond acceptors (Lipinski definition) is 2. The molecule has 6 heteroatoms. The van der Waals surface area contributed by atoms with Gasteiger partial charge in [-0.1, -0.05) is 12.1 Å². The lowest BCUT2D eigenvalue weighted by Gasteiger charge is -2.09. The average molecular weight is 255 g/mol. The van der Waals surface area contributed by atoms with Gasteiger partial charge in [0.25, 0.3) is 5.56 Å². The van der Waals surface area contributed by atoms with Gasteiger partial charge < -0.3 is 9.72 Å². The number of ether oxygens (including phenoxy) is 1. The molecular formula is C12H8F3NO2. The third kappa shape index (κ3) is 2.91. The number of pyridine rings is 1. The van der Waals surface area contributed by atoms with E-state index in [9.17, 15) is 18.0 Å². The van der Waals surface area contributed by atoms with Crippen LogP contribution in [0.15, 0.2) is 47.4 Å². The Morgan fingerprint density at radius 1 is 1.11 bits per heavy atom. The van der Waals surface area contributed by atoms with E-state index in [1.54, 1.807) is 6.07 Å². The van der Waals surface area contributed by atoms with Gasteiger partial charge >= 0.3 is 6.36 Å². The van der Waals surface area contributed by atoms with Crippen LogP contribution >= 0.6 is 0 Å². The molecule has 0 bridgehead atoms. The molecule has 0 aliphatic heterocycles. The Bertz CT molecular complexity index is 605. The van der Waals surface area contributed by atoms with Crippen molar-refractivity contribution in [1.29, 1.82) is 0 Å². The molecule has 0 aliphatic rings. The van der Waals surface area contributed by atoms with E-state index in [0.29, 0.717) is 5.56 Å². The Kier molecular flexibility index (Phi) is 3.10. The summed E-state index contributed by atoms with van der Waals surface area (Å²) in [5.41, 5.74) is 0.269. The summed E-state index contributed by atoms with van der Waals surface area (Å²) in [6.07, 6.45) is -3.30. The molecule has 3 nitrogen and oxygen atoms in total. The average Bonchev–Trinajstić information content (AvgIpc) is 2.27. The number of nitrogens with one attached hydrogen (secondary N) is 1. The number of benzene rings is 1. The lowest BCUT2D eigenvalue weighted by molar-refractivity contribution is -0.274. The topological polar surface area (TPSA) is 42.1 Å². The molecule has 0 saturated carbocycles. The number of rotatable bonds is 2. The van der Waals surface area contributed by atoms with Crippen molar-refractivity contribution in [1.82, 2.24) is 4.98 Å². The summed E-state index contributed by atoms with van der Waals surface area (Å²) in [4.78, 5) is 13.9. The molecule has 18 heavy (non-hydrogen) atoms. The maximum absolute atomic E-state index is 12.1. The molecule has 0 amide bonds. The Morgan fingerprint density at radius 3 is 2.56 bits per heavy atom. The SMILES string of the molecule is O=c1[nH]cccc1-c1cccc(OC(F)(F)F)c1. The van der Waals surface area contributed by atoms with Gasteiger partial charge in [0.05, 0.1) is 0 Å². The molecule has 0 aliphatic carbocycles. The maximum atomic E-state index is 12.1. The standard InChI is InChI=1S/C12H8F3NO2/c13-12(14,15)18-9-4-1-3-8(7-9)10-5-2-6-16-11(10)17/h1-7H,(H,16,17). The van der Waals surface area contributed by atoms with E-state index in [1.165, 1.54) is 30.5 Å². The second kappa shape index (κ2) is 4.56. The summed E-state index contributed by atoms with van der Waals surface area (Å²) in [5, 5.41) is 0. The Balaban J connectivity index is 2.39. The van der Waals surface area contributed by atoms with Crippen LogP contribution in [0, 0.1) is 0 Å². The van der Waals surface area contributed by atoms with Crippen LogP contribution in [0.3, 0.4) is 0 Å². The number of alkyl halides is 3. The Morgan fingerprint density at radius 2 is 1.89 bits per heavy atom.